The Morgan fingerprint density at radius 3 is 2.62 bits per heavy atom. The van der Waals surface area contributed by atoms with E-state index in [0.29, 0.717) is 18.0 Å². The summed E-state index contributed by atoms with van der Waals surface area (Å²) in [6.07, 6.45) is 0.543. The monoisotopic (exact) mass is 435 g/mol. The average Bonchev–Trinajstić information content (AvgIpc) is 3.16. The molecule has 0 spiro atoms. The molecule has 0 aliphatic carbocycles. The Morgan fingerprint density at radius 2 is 1.90 bits per heavy atom. The van der Waals surface area contributed by atoms with Crippen LogP contribution in [0.1, 0.15) is 22.1 Å². The Balaban J connectivity index is 1.59. The van der Waals surface area contributed by atoms with Crippen LogP contribution in [0.25, 0.3) is 0 Å². The molecule has 0 atom stereocenters. The molecule has 0 aliphatic heterocycles. The third-order valence-corrected chi connectivity index (χ3v) is 5.91. The number of nitrogens with zero attached hydrogens (tertiary/aromatic N) is 2. The standard InChI is InChI=1S/C19H18ClN3O5S/c1-27-16-5-3-2-4-13(16)10-11-21-18(24)19-22-17(23-28-19)12-29(25,26)15-8-6-14(20)7-9-15/h2-9H,10-12H2,1H3,(H,21,24). The largest absolute Gasteiger partial charge is 0.496 e. The zero-order valence-electron chi connectivity index (χ0n) is 15.5. The van der Waals surface area contributed by atoms with Crippen molar-refractivity contribution in [3.05, 3.63) is 70.8 Å². The maximum Gasteiger partial charge on any atom is 0.315 e. The minimum atomic E-state index is -3.69. The van der Waals surface area contributed by atoms with Gasteiger partial charge in [0.15, 0.2) is 15.7 Å². The number of aromatic nitrogens is 2. The molecule has 0 bridgehead atoms. The molecule has 0 unspecified atom stereocenters. The number of carbonyl (C=O) groups excluding carboxylic acids is 1. The van der Waals surface area contributed by atoms with Crippen molar-refractivity contribution in [3.8, 4) is 5.75 Å². The Labute approximate surface area is 172 Å². The molecule has 0 saturated heterocycles. The smallest absolute Gasteiger partial charge is 0.315 e. The molecule has 8 nitrogen and oxygen atoms in total. The molecule has 10 heteroatoms. The first-order valence-electron chi connectivity index (χ1n) is 8.60. The minimum absolute atomic E-state index is 0.0782. The average molecular weight is 436 g/mol. The van der Waals surface area contributed by atoms with Gasteiger partial charge in [-0.2, -0.15) is 4.98 Å². The summed E-state index contributed by atoms with van der Waals surface area (Å²) in [5, 5.41) is 6.67. The number of nitrogens with one attached hydrogen (secondary N) is 1. The number of ether oxygens (including phenoxy) is 1. The molecule has 0 saturated carbocycles. The van der Waals surface area contributed by atoms with Gasteiger partial charge < -0.3 is 14.6 Å². The number of amides is 1. The van der Waals surface area contributed by atoms with Gasteiger partial charge in [-0.15, -0.1) is 0 Å². The Bertz CT molecular complexity index is 1100. The van der Waals surface area contributed by atoms with Crippen LogP contribution < -0.4 is 10.1 Å². The lowest BCUT2D eigenvalue weighted by Crippen LogP contribution is -2.26. The van der Waals surface area contributed by atoms with Crippen molar-refractivity contribution in [2.24, 2.45) is 0 Å². The van der Waals surface area contributed by atoms with E-state index in [0.717, 1.165) is 11.3 Å². The second kappa shape index (κ2) is 9.06. The van der Waals surface area contributed by atoms with Crippen molar-refractivity contribution in [1.29, 1.82) is 0 Å². The van der Waals surface area contributed by atoms with Crippen LogP contribution in [0.4, 0.5) is 0 Å². The number of hydrogen-bond acceptors (Lipinski definition) is 7. The molecule has 3 rings (SSSR count). The lowest BCUT2D eigenvalue weighted by atomic mass is 10.1. The van der Waals surface area contributed by atoms with Gasteiger partial charge in [-0.05, 0) is 42.3 Å². The molecular formula is C19H18ClN3O5S. The Kier molecular flexibility index (Phi) is 6.50. The van der Waals surface area contributed by atoms with Crippen molar-refractivity contribution in [1.82, 2.24) is 15.5 Å². The van der Waals surface area contributed by atoms with E-state index in [9.17, 15) is 13.2 Å². The highest BCUT2D eigenvalue weighted by molar-refractivity contribution is 7.90. The van der Waals surface area contributed by atoms with Gasteiger partial charge >= 0.3 is 11.8 Å². The van der Waals surface area contributed by atoms with Crippen LogP contribution in [-0.4, -0.2) is 38.1 Å². The zero-order chi connectivity index (χ0) is 20.9. The van der Waals surface area contributed by atoms with E-state index in [1.165, 1.54) is 24.3 Å². The molecule has 152 valence electrons. The molecular weight excluding hydrogens is 418 g/mol. The van der Waals surface area contributed by atoms with E-state index >= 15 is 0 Å². The van der Waals surface area contributed by atoms with Crippen LogP contribution in [-0.2, 0) is 22.0 Å². The van der Waals surface area contributed by atoms with Gasteiger partial charge in [0.25, 0.3) is 0 Å². The van der Waals surface area contributed by atoms with Gasteiger partial charge in [0.2, 0.25) is 0 Å². The number of methoxy groups -OCH3 is 1. The first-order valence-corrected chi connectivity index (χ1v) is 10.6. The lowest BCUT2D eigenvalue weighted by molar-refractivity contribution is 0.0910. The summed E-state index contributed by atoms with van der Waals surface area (Å²) >= 11 is 5.77. The second-order valence-electron chi connectivity index (χ2n) is 6.05. The summed E-state index contributed by atoms with van der Waals surface area (Å²) in [6, 6.07) is 13.2. The number of hydrogen-bond donors (Lipinski definition) is 1. The van der Waals surface area contributed by atoms with Crippen molar-refractivity contribution in [2.45, 2.75) is 17.1 Å². The Hall–Kier alpha value is -2.91. The summed E-state index contributed by atoms with van der Waals surface area (Å²) in [6.45, 7) is 0.319. The van der Waals surface area contributed by atoms with Crippen LogP contribution in [0, 0.1) is 0 Å². The quantitative estimate of drug-likeness (QED) is 0.578. The SMILES string of the molecule is COc1ccccc1CCNC(=O)c1nc(CS(=O)(=O)c2ccc(Cl)cc2)no1. The van der Waals surface area contributed by atoms with Gasteiger partial charge in [0.1, 0.15) is 11.5 Å². The molecule has 1 N–H and O–H groups in total. The van der Waals surface area contributed by atoms with Crippen LogP contribution in [0.15, 0.2) is 57.9 Å². The van der Waals surface area contributed by atoms with Gasteiger partial charge in [0, 0.05) is 11.6 Å². The van der Waals surface area contributed by atoms with Crippen molar-refractivity contribution in [3.63, 3.8) is 0 Å². The molecule has 29 heavy (non-hydrogen) atoms. The predicted molar refractivity (Wildman–Crippen MR) is 106 cm³/mol. The minimum Gasteiger partial charge on any atom is -0.496 e. The number of halogens is 1. The van der Waals surface area contributed by atoms with Gasteiger partial charge in [-0.1, -0.05) is 35.0 Å². The molecule has 1 heterocycles. The summed E-state index contributed by atoms with van der Waals surface area (Å²) in [5.41, 5.74) is 0.940. The summed E-state index contributed by atoms with van der Waals surface area (Å²) in [4.78, 5) is 16.1. The molecule has 1 aromatic heterocycles. The topological polar surface area (TPSA) is 111 Å². The van der Waals surface area contributed by atoms with E-state index in [1.54, 1.807) is 7.11 Å². The molecule has 1 amide bonds. The van der Waals surface area contributed by atoms with Crippen LogP contribution in [0.2, 0.25) is 5.02 Å². The summed E-state index contributed by atoms with van der Waals surface area (Å²) < 4.78 is 35.0. The first kappa shape index (κ1) is 20.8. The first-order chi connectivity index (χ1) is 13.9. The van der Waals surface area contributed by atoms with Gasteiger partial charge in [-0.25, -0.2) is 8.42 Å². The van der Waals surface area contributed by atoms with E-state index in [-0.39, 0.29) is 16.6 Å². The van der Waals surface area contributed by atoms with E-state index in [4.69, 9.17) is 20.9 Å². The fraction of sp³-hybridized carbons (Fsp3) is 0.211. The van der Waals surface area contributed by atoms with Crippen molar-refractivity contribution < 1.29 is 22.5 Å². The number of carbonyl (C=O) groups is 1. The van der Waals surface area contributed by atoms with Crippen LogP contribution >= 0.6 is 11.6 Å². The molecule has 2 aromatic carbocycles. The summed E-state index contributed by atoms with van der Waals surface area (Å²) in [5.74, 6) is -0.745. The van der Waals surface area contributed by atoms with Gasteiger partial charge in [-0.3, -0.25) is 4.79 Å². The fourth-order valence-electron chi connectivity index (χ4n) is 2.60. The predicted octanol–water partition coefficient (Wildman–Crippen LogP) is 2.68. The van der Waals surface area contributed by atoms with Crippen molar-refractivity contribution in [2.75, 3.05) is 13.7 Å². The highest BCUT2D eigenvalue weighted by Crippen LogP contribution is 2.19. The zero-order valence-corrected chi connectivity index (χ0v) is 17.0. The third-order valence-electron chi connectivity index (χ3n) is 4.03. The maximum absolute atomic E-state index is 12.4. The number of benzene rings is 2. The lowest BCUT2D eigenvalue weighted by Gasteiger charge is -2.08. The second-order valence-corrected chi connectivity index (χ2v) is 8.47. The van der Waals surface area contributed by atoms with Gasteiger partial charge in [0.05, 0.1) is 12.0 Å². The molecule has 3 aromatic rings. The highest BCUT2D eigenvalue weighted by atomic mass is 35.5. The number of rotatable bonds is 8. The Morgan fingerprint density at radius 1 is 1.17 bits per heavy atom. The fourth-order valence-corrected chi connectivity index (χ4v) is 3.90. The van der Waals surface area contributed by atoms with E-state index in [1.807, 2.05) is 24.3 Å². The van der Waals surface area contributed by atoms with E-state index in [2.05, 4.69) is 15.5 Å². The van der Waals surface area contributed by atoms with Crippen LogP contribution in [0.5, 0.6) is 5.75 Å². The third kappa shape index (κ3) is 5.33. The molecule has 0 fully saturated rings. The summed E-state index contributed by atoms with van der Waals surface area (Å²) in [7, 11) is -2.11. The number of para-hydroxylation sites is 1. The van der Waals surface area contributed by atoms with E-state index < -0.39 is 21.5 Å². The molecule has 0 radical (unpaired) electrons. The normalized spacial score (nSPS) is 11.2. The van der Waals surface area contributed by atoms with Crippen LogP contribution in [0.3, 0.4) is 0 Å². The number of sulfone groups is 1. The van der Waals surface area contributed by atoms with Crippen molar-refractivity contribution >= 4 is 27.3 Å². The maximum atomic E-state index is 12.4. The highest BCUT2D eigenvalue weighted by Gasteiger charge is 2.21. The molecule has 0 aliphatic rings.